The SMILES string of the molecule is Cc1nc2cc(NC(=O)CCc3nc(-c4ccc(F)cc4)no3)ccc2o1. The predicted molar refractivity (Wildman–Crippen MR) is 95.4 cm³/mol. The zero-order valence-electron chi connectivity index (χ0n) is 14.4. The van der Waals surface area contributed by atoms with E-state index in [2.05, 4.69) is 20.4 Å². The third-order valence-corrected chi connectivity index (χ3v) is 3.91. The Morgan fingerprint density at radius 3 is 2.78 bits per heavy atom. The molecule has 0 saturated carbocycles. The standard InChI is InChI=1S/C19H15FN4O3/c1-11-21-15-10-14(6-7-16(15)26-11)22-17(25)8-9-18-23-19(24-27-18)12-2-4-13(20)5-3-12/h2-7,10H,8-9H2,1H3,(H,22,25). The zero-order chi connectivity index (χ0) is 18.8. The number of nitrogens with zero attached hydrogens (tertiary/aromatic N) is 3. The van der Waals surface area contributed by atoms with Gasteiger partial charge in [-0.2, -0.15) is 4.98 Å². The molecule has 0 unspecified atom stereocenters. The molecule has 0 atom stereocenters. The molecule has 2 aromatic carbocycles. The van der Waals surface area contributed by atoms with Gasteiger partial charge in [0.1, 0.15) is 11.3 Å². The first kappa shape index (κ1) is 16.9. The number of hydrogen-bond donors (Lipinski definition) is 1. The lowest BCUT2D eigenvalue weighted by Gasteiger charge is -2.03. The summed E-state index contributed by atoms with van der Waals surface area (Å²) in [6.45, 7) is 1.77. The fraction of sp³-hybridized carbons (Fsp3) is 0.158. The van der Waals surface area contributed by atoms with Crippen molar-refractivity contribution in [3.05, 3.63) is 60.1 Å². The van der Waals surface area contributed by atoms with E-state index >= 15 is 0 Å². The molecule has 0 saturated heterocycles. The molecule has 0 bridgehead atoms. The number of anilines is 1. The molecule has 0 fully saturated rings. The maximum absolute atomic E-state index is 13.0. The highest BCUT2D eigenvalue weighted by Gasteiger charge is 2.12. The molecule has 2 aromatic heterocycles. The fourth-order valence-corrected chi connectivity index (χ4v) is 2.64. The highest BCUT2D eigenvalue weighted by molar-refractivity contribution is 5.92. The summed E-state index contributed by atoms with van der Waals surface area (Å²) in [5, 5.41) is 6.66. The Bertz CT molecular complexity index is 1100. The Hall–Kier alpha value is -3.55. The van der Waals surface area contributed by atoms with Gasteiger partial charge < -0.3 is 14.3 Å². The van der Waals surface area contributed by atoms with Crippen LogP contribution in [0.15, 0.2) is 51.4 Å². The Kier molecular flexibility index (Phi) is 4.37. The van der Waals surface area contributed by atoms with Gasteiger partial charge in [-0.3, -0.25) is 4.79 Å². The minimum Gasteiger partial charge on any atom is -0.441 e. The first-order valence-corrected chi connectivity index (χ1v) is 8.32. The van der Waals surface area contributed by atoms with Gasteiger partial charge in [0.2, 0.25) is 17.6 Å². The second kappa shape index (κ2) is 6.99. The fourth-order valence-electron chi connectivity index (χ4n) is 2.64. The van der Waals surface area contributed by atoms with Gasteiger partial charge in [0.05, 0.1) is 0 Å². The number of benzene rings is 2. The van der Waals surface area contributed by atoms with Gasteiger partial charge in [-0.05, 0) is 42.5 Å². The quantitative estimate of drug-likeness (QED) is 0.576. The maximum atomic E-state index is 13.0. The number of carbonyl (C=O) groups is 1. The van der Waals surface area contributed by atoms with Crippen molar-refractivity contribution in [1.29, 1.82) is 0 Å². The minimum atomic E-state index is -0.335. The van der Waals surface area contributed by atoms with Crippen LogP contribution in [0.1, 0.15) is 18.2 Å². The topological polar surface area (TPSA) is 94.1 Å². The molecule has 1 N–H and O–H groups in total. The van der Waals surface area contributed by atoms with Crippen molar-refractivity contribution in [3.8, 4) is 11.4 Å². The number of halogens is 1. The normalized spacial score (nSPS) is 11.0. The number of amides is 1. The van der Waals surface area contributed by atoms with Crippen LogP contribution in [0.4, 0.5) is 10.1 Å². The Labute approximate surface area is 153 Å². The number of rotatable bonds is 5. The molecule has 0 radical (unpaired) electrons. The van der Waals surface area contributed by atoms with Crippen molar-refractivity contribution in [2.45, 2.75) is 19.8 Å². The lowest BCUT2D eigenvalue weighted by atomic mass is 10.2. The molecule has 8 heteroatoms. The second-order valence-corrected chi connectivity index (χ2v) is 5.98. The van der Waals surface area contributed by atoms with Crippen molar-refractivity contribution >= 4 is 22.7 Å². The van der Waals surface area contributed by atoms with E-state index in [0.29, 0.717) is 46.4 Å². The molecule has 7 nitrogen and oxygen atoms in total. The van der Waals surface area contributed by atoms with Crippen LogP contribution in [0, 0.1) is 12.7 Å². The third kappa shape index (κ3) is 3.84. The summed E-state index contributed by atoms with van der Waals surface area (Å²) in [5.41, 5.74) is 2.64. The molecular weight excluding hydrogens is 351 g/mol. The van der Waals surface area contributed by atoms with Crippen molar-refractivity contribution in [1.82, 2.24) is 15.1 Å². The van der Waals surface area contributed by atoms with Crippen molar-refractivity contribution in [2.24, 2.45) is 0 Å². The first-order chi connectivity index (χ1) is 13.1. The predicted octanol–water partition coefficient (Wildman–Crippen LogP) is 3.90. The van der Waals surface area contributed by atoms with Gasteiger partial charge >= 0.3 is 0 Å². The van der Waals surface area contributed by atoms with E-state index in [1.807, 2.05) is 0 Å². The zero-order valence-corrected chi connectivity index (χ0v) is 14.4. The number of fused-ring (bicyclic) bond motifs is 1. The second-order valence-electron chi connectivity index (χ2n) is 5.98. The van der Waals surface area contributed by atoms with E-state index in [-0.39, 0.29) is 18.1 Å². The highest BCUT2D eigenvalue weighted by atomic mass is 19.1. The number of carbonyl (C=O) groups excluding carboxylic acids is 1. The van der Waals surface area contributed by atoms with E-state index in [0.717, 1.165) is 0 Å². The largest absolute Gasteiger partial charge is 0.441 e. The number of aromatic nitrogens is 3. The molecule has 27 heavy (non-hydrogen) atoms. The van der Waals surface area contributed by atoms with E-state index < -0.39 is 0 Å². The van der Waals surface area contributed by atoms with Crippen LogP contribution in [-0.4, -0.2) is 21.0 Å². The van der Waals surface area contributed by atoms with Crippen LogP contribution >= 0.6 is 0 Å². The summed E-state index contributed by atoms with van der Waals surface area (Å²) in [6, 6.07) is 11.1. The van der Waals surface area contributed by atoms with Crippen LogP contribution in [-0.2, 0) is 11.2 Å². The summed E-state index contributed by atoms with van der Waals surface area (Å²) >= 11 is 0. The van der Waals surface area contributed by atoms with Crippen LogP contribution in [0.5, 0.6) is 0 Å². The number of oxazole rings is 1. The minimum absolute atomic E-state index is 0.181. The average Bonchev–Trinajstić information content (AvgIpc) is 3.26. The summed E-state index contributed by atoms with van der Waals surface area (Å²) in [7, 11) is 0. The Morgan fingerprint density at radius 2 is 1.96 bits per heavy atom. The molecule has 0 aliphatic carbocycles. The lowest BCUT2D eigenvalue weighted by Crippen LogP contribution is -2.12. The molecule has 4 aromatic rings. The Balaban J connectivity index is 1.36. The van der Waals surface area contributed by atoms with Crippen molar-refractivity contribution in [3.63, 3.8) is 0 Å². The van der Waals surface area contributed by atoms with E-state index in [1.54, 1.807) is 37.3 Å². The van der Waals surface area contributed by atoms with Crippen LogP contribution < -0.4 is 5.32 Å². The summed E-state index contributed by atoms with van der Waals surface area (Å²) in [6.07, 6.45) is 0.478. The van der Waals surface area contributed by atoms with Gasteiger partial charge in [-0.25, -0.2) is 9.37 Å². The molecule has 0 aliphatic heterocycles. The average molecular weight is 366 g/mol. The Morgan fingerprint density at radius 1 is 1.15 bits per heavy atom. The van der Waals surface area contributed by atoms with Crippen molar-refractivity contribution in [2.75, 3.05) is 5.32 Å². The van der Waals surface area contributed by atoms with Gasteiger partial charge in [0.25, 0.3) is 0 Å². The third-order valence-electron chi connectivity index (χ3n) is 3.91. The van der Waals surface area contributed by atoms with Crippen molar-refractivity contribution < 1.29 is 18.1 Å². The molecule has 4 rings (SSSR count). The van der Waals surface area contributed by atoms with Gasteiger partial charge in [-0.1, -0.05) is 5.16 Å². The van der Waals surface area contributed by atoms with Gasteiger partial charge in [0, 0.05) is 31.0 Å². The number of aryl methyl sites for hydroxylation is 2. The lowest BCUT2D eigenvalue weighted by molar-refractivity contribution is -0.116. The van der Waals surface area contributed by atoms with Crippen LogP contribution in [0.25, 0.3) is 22.5 Å². The molecule has 0 aliphatic rings. The van der Waals surface area contributed by atoms with Gasteiger partial charge in [0.15, 0.2) is 11.5 Å². The molecule has 1 amide bonds. The monoisotopic (exact) mass is 366 g/mol. The van der Waals surface area contributed by atoms with E-state index in [9.17, 15) is 9.18 Å². The molecule has 0 spiro atoms. The molecule has 2 heterocycles. The van der Waals surface area contributed by atoms with Crippen LogP contribution in [0.2, 0.25) is 0 Å². The highest BCUT2D eigenvalue weighted by Crippen LogP contribution is 2.20. The molecule has 136 valence electrons. The van der Waals surface area contributed by atoms with Gasteiger partial charge in [-0.15, -0.1) is 0 Å². The summed E-state index contributed by atoms with van der Waals surface area (Å²) < 4.78 is 23.5. The smallest absolute Gasteiger partial charge is 0.227 e. The van der Waals surface area contributed by atoms with Crippen LogP contribution in [0.3, 0.4) is 0 Å². The van der Waals surface area contributed by atoms with E-state index in [1.165, 1.54) is 12.1 Å². The first-order valence-electron chi connectivity index (χ1n) is 8.32. The van der Waals surface area contributed by atoms with E-state index in [4.69, 9.17) is 8.94 Å². The number of nitrogens with one attached hydrogen (secondary N) is 1. The maximum Gasteiger partial charge on any atom is 0.227 e. The summed E-state index contributed by atoms with van der Waals surface area (Å²) in [5.74, 6) is 0.750. The molecular formula is C19H15FN4O3. The number of hydrogen-bond acceptors (Lipinski definition) is 6. The summed E-state index contributed by atoms with van der Waals surface area (Å²) in [4.78, 5) is 20.6.